The van der Waals surface area contributed by atoms with E-state index in [1.165, 1.54) is 23.3 Å². The number of aliphatic hydroxyl groups is 1. The fraction of sp³-hybridized carbons (Fsp3) is 0.490. The molecule has 0 unspecified atom stereocenters. The molecule has 0 saturated heterocycles. The molecule has 19 nitrogen and oxygen atoms in total. The lowest BCUT2D eigenvalue weighted by Gasteiger charge is -2.24. The van der Waals surface area contributed by atoms with E-state index in [1.54, 1.807) is 6.33 Å². The molecule has 1 saturated carbocycles. The molecule has 20 heteroatoms. The number of aromatic nitrogens is 3. The average molecular weight is 997 g/mol. The molecule has 0 radical (unpaired) electrons. The summed E-state index contributed by atoms with van der Waals surface area (Å²) in [5, 5.41) is 26.1. The van der Waals surface area contributed by atoms with Crippen LogP contribution in [0.15, 0.2) is 79.3 Å². The zero-order valence-electron chi connectivity index (χ0n) is 40.3. The number of urea groups is 1. The fourth-order valence-corrected chi connectivity index (χ4v) is 10.5. The number of ketones is 2. The molecule has 0 spiro atoms. The van der Waals surface area contributed by atoms with E-state index in [9.17, 15) is 42.3 Å². The number of hydrogen-bond acceptors (Lipinski definition) is 12. The number of amides is 5. The van der Waals surface area contributed by atoms with Crippen molar-refractivity contribution in [1.82, 2.24) is 25.1 Å². The maximum absolute atomic E-state index is 14.1. The van der Waals surface area contributed by atoms with Gasteiger partial charge in [-0.25, -0.2) is 14.5 Å². The van der Waals surface area contributed by atoms with E-state index in [0.29, 0.717) is 51.5 Å². The third-order valence-electron chi connectivity index (χ3n) is 13.9. The van der Waals surface area contributed by atoms with Crippen LogP contribution in [0.5, 0.6) is 0 Å². The largest absolute Gasteiger partial charge is 0.393 e. The molecule has 71 heavy (non-hydrogen) atoms. The Balaban J connectivity index is 1.02. The minimum Gasteiger partial charge on any atom is -0.393 e. The Hall–Kier alpha value is -6.35. The van der Waals surface area contributed by atoms with Crippen molar-refractivity contribution in [3.63, 3.8) is 0 Å². The third-order valence-corrected chi connectivity index (χ3v) is 14.3. The first-order valence-corrected chi connectivity index (χ1v) is 26.0. The number of Topliss-reactive ketones (excluding diaryl/α,β-unsaturated/α-hetero) is 2. The summed E-state index contributed by atoms with van der Waals surface area (Å²) in [6.07, 6.45) is 10.6. The predicted molar refractivity (Wildman–Crippen MR) is 263 cm³/mol. The second kappa shape index (κ2) is 23.7. The Morgan fingerprint density at radius 2 is 1.68 bits per heavy atom. The molecule has 6 atom stereocenters. The molecule has 2 aliphatic carbocycles. The van der Waals surface area contributed by atoms with Gasteiger partial charge in [-0.05, 0) is 79.2 Å². The lowest BCUT2D eigenvalue weighted by molar-refractivity contribution is -0.668. The van der Waals surface area contributed by atoms with Gasteiger partial charge in [0.1, 0.15) is 11.2 Å². The zero-order valence-corrected chi connectivity index (χ0v) is 41.2. The number of nitrogens with zero attached hydrogens (tertiary/aromatic N) is 4. The van der Waals surface area contributed by atoms with Crippen LogP contribution in [-0.4, -0.2) is 95.1 Å². The molecular formula is C51H66N9O10S+. The highest BCUT2D eigenvalue weighted by Gasteiger charge is 2.38. The molecule has 2 aromatic carbocycles. The Morgan fingerprint density at radius 1 is 0.944 bits per heavy atom. The molecule has 0 bridgehead atoms. The maximum Gasteiger partial charge on any atom is 0.333 e. The number of unbranched alkanes of at least 4 members (excludes halogenated alkanes) is 2. The summed E-state index contributed by atoms with van der Waals surface area (Å²) in [5.74, 6) is -2.07. The number of carbonyl (C=O) groups excluding carboxylic acids is 6. The fourth-order valence-electron chi connectivity index (χ4n) is 10.1. The number of benzene rings is 2. The van der Waals surface area contributed by atoms with E-state index in [1.807, 2.05) is 67.1 Å². The first-order valence-electron chi connectivity index (χ1n) is 24.5. The van der Waals surface area contributed by atoms with Crippen molar-refractivity contribution in [3.05, 3.63) is 102 Å². The third kappa shape index (κ3) is 14.0. The number of imide groups is 1. The topological polar surface area (TPSA) is 279 Å². The van der Waals surface area contributed by atoms with E-state index < -0.39 is 40.3 Å². The second-order valence-electron chi connectivity index (χ2n) is 19.4. The van der Waals surface area contributed by atoms with E-state index in [2.05, 4.69) is 32.7 Å². The van der Waals surface area contributed by atoms with E-state index in [-0.39, 0.29) is 86.2 Å². The number of carbonyl (C=O) groups is 6. The Labute approximate surface area is 414 Å². The van der Waals surface area contributed by atoms with Crippen LogP contribution in [0.4, 0.5) is 10.6 Å². The van der Waals surface area contributed by atoms with Crippen molar-refractivity contribution in [2.75, 3.05) is 25.0 Å². The molecule has 380 valence electrons. The van der Waals surface area contributed by atoms with Crippen LogP contribution in [0.3, 0.4) is 0 Å². The molecule has 4 aromatic rings. The van der Waals surface area contributed by atoms with Crippen molar-refractivity contribution in [2.45, 2.75) is 122 Å². The first-order chi connectivity index (χ1) is 33.9. The van der Waals surface area contributed by atoms with Gasteiger partial charge in [0.2, 0.25) is 23.7 Å². The Morgan fingerprint density at radius 3 is 2.39 bits per heavy atom. The molecule has 1 fully saturated rings. The average Bonchev–Trinajstić information content (AvgIpc) is 4.12. The number of anilines is 1. The van der Waals surface area contributed by atoms with Crippen molar-refractivity contribution in [2.24, 2.45) is 28.6 Å². The molecule has 7 rings (SSSR count). The van der Waals surface area contributed by atoms with Crippen LogP contribution in [0, 0.1) is 17.8 Å². The summed E-state index contributed by atoms with van der Waals surface area (Å²) in [6.45, 7) is 4.35. The second-order valence-corrected chi connectivity index (χ2v) is 20.6. The number of fused-ring (bicyclic) bond motifs is 2. The van der Waals surface area contributed by atoms with Gasteiger partial charge in [0.15, 0.2) is 5.78 Å². The summed E-state index contributed by atoms with van der Waals surface area (Å²) >= 11 is 0. The molecule has 2 aromatic heterocycles. The molecule has 8 N–H and O–H groups in total. The SMILES string of the molecule is CC(C)[C@@H](NC(=O)CCCCCN1C(=O)C=CC1=O)C(=O)C[C@H](CCCNC(N)=O)C(=O)Cc1ccc(C[n+]2cnc(N[C@H]3CCc4ccccc43)c3ccn([C@@H]4C[C@@H](COS(N)(=O)=O)[C@@H](O)C4)c32)cc1. The summed E-state index contributed by atoms with van der Waals surface area (Å²) < 4.78 is 32.2. The van der Waals surface area contributed by atoms with E-state index in [0.717, 1.165) is 45.7 Å². The van der Waals surface area contributed by atoms with Gasteiger partial charge >= 0.3 is 16.3 Å². The highest BCUT2D eigenvalue weighted by Crippen LogP contribution is 2.39. The number of nitrogens with one attached hydrogen (secondary N) is 3. The van der Waals surface area contributed by atoms with Crippen LogP contribution in [0.25, 0.3) is 11.0 Å². The highest BCUT2D eigenvalue weighted by atomic mass is 32.2. The van der Waals surface area contributed by atoms with Gasteiger partial charge < -0.3 is 26.8 Å². The quantitative estimate of drug-likeness (QED) is 0.0298. The van der Waals surface area contributed by atoms with Gasteiger partial charge in [0.05, 0.1) is 43.6 Å². The van der Waals surface area contributed by atoms with Crippen molar-refractivity contribution in [3.8, 4) is 0 Å². The number of aliphatic hydroxyl groups excluding tert-OH is 1. The van der Waals surface area contributed by atoms with Gasteiger partial charge in [0.25, 0.3) is 11.8 Å². The van der Waals surface area contributed by atoms with Crippen molar-refractivity contribution in [1.29, 1.82) is 0 Å². The number of primary amides is 1. The van der Waals surface area contributed by atoms with Gasteiger partial charge in [-0.2, -0.15) is 8.42 Å². The monoisotopic (exact) mass is 996 g/mol. The van der Waals surface area contributed by atoms with Crippen LogP contribution in [-0.2, 0) is 57.8 Å². The lowest BCUT2D eigenvalue weighted by atomic mass is 9.85. The van der Waals surface area contributed by atoms with E-state index in [4.69, 9.17) is 20.0 Å². The summed E-state index contributed by atoms with van der Waals surface area (Å²) in [7, 11) is -4.18. The Bertz CT molecular complexity index is 2720. The van der Waals surface area contributed by atoms with Crippen LogP contribution in [0.1, 0.15) is 112 Å². The highest BCUT2D eigenvalue weighted by molar-refractivity contribution is 7.84. The van der Waals surface area contributed by atoms with Crippen molar-refractivity contribution < 1.29 is 51.0 Å². The molecule has 1 aliphatic heterocycles. The summed E-state index contributed by atoms with van der Waals surface area (Å²) in [4.78, 5) is 82.1. The molecular weight excluding hydrogens is 931 g/mol. The Kier molecular flexibility index (Phi) is 17.5. The van der Waals surface area contributed by atoms with Gasteiger partial charge in [0, 0.05) is 62.8 Å². The summed E-state index contributed by atoms with van der Waals surface area (Å²) in [5.41, 5.74) is 10.3. The van der Waals surface area contributed by atoms with Crippen LogP contribution < -0.4 is 31.4 Å². The van der Waals surface area contributed by atoms with E-state index >= 15 is 0 Å². The predicted octanol–water partition coefficient (Wildman–Crippen LogP) is 3.77. The number of rotatable bonds is 26. The minimum absolute atomic E-state index is 0.0532. The molecule has 5 amide bonds. The van der Waals surface area contributed by atoms with Crippen LogP contribution >= 0.6 is 0 Å². The molecule has 3 heterocycles. The smallest absolute Gasteiger partial charge is 0.333 e. The molecule has 3 aliphatic rings. The number of hydrogen-bond donors (Lipinski definition) is 6. The van der Waals surface area contributed by atoms with Crippen molar-refractivity contribution >= 4 is 62.5 Å². The standard InChI is InChI=1S/C51H65N9O10S/c1-32(2)48(57-45(64)12-4-3-7-23-60-46(65)19-20-47(60)66)44(63)27-36(10-8-22-54-51(52)67)42(61)25-33-13-15-34(16-14-33)29-58-31-55-49(56-41-18-17-35-9-5-6-11-39(35)41)40-21-24-59(50(40)58)38-26-37(43(62)28-38)30-70-71(53,68)69/h5-6,9,11,13-16,19-21,24,31-32,36-38,41,43,48,62H,3-4,7-8,10,12,17-18,22-23,25-30H2,1-2H3,(H6,52,53,54,57,64,67,68,69)/p+1/t36-,37-,38+,41-,43-,48+/m0/s1. The zero-order chi connectivity index (χ0) is 50.8. The van der Waals surface area contributed by atoms with Gasteiger partial charge in [-0.1, -0.05) is 73.8 Å². The lowest BCUT2D eigenvalue weighted by Crippen LogP contribution is -2.45. The van der Waals surface area contributed by atoms with Crippen LogP contribution in [0.2, 0.25) is 0 Å². The van der Waals surface area contributed by atoms with Gasteiger partial charge in [-0.3, -0.25) is 37.6 Å². The normalized spacial score (nSPS) is 19.6. The number of nitrogens with two attached hydrogens (primary N) is 2. The maximum atomic E-state index is 14.1. The number of aryl methyl sites for hydroxylation is 1. The summed E-state index contributed by atoms with van der Waals surface area (Å²) in [6, 6.07) is 16.4. The first kappa shape index (κ1) is 52.5. The van der Waals surface area contributed by atoms with Gasteiger partial charge in [-0.15, -0.1) is 0 Å². The minimum atomic E-state index is -4.18.